The molecule has 122 valence electrons. The van der Waals surface area contributed by atoms with Crippen LogP contribution < -0.4 is 15.8 Å². The third kappa shape index (κ3) is 1.82. The van der Waals surface area contributed by atoms with Crippen molar-refractivity contribution in [2.45, 2.75) is 45.3 Å². The zero-order valence-corrected chi connectivity index (χ0v) is 13.4. The van der Waals surface area contributed by atoms with Crippen LogP contribution in [0.3, 0.4) is 0 Å². The minimum Gasteiger partial charge on any atom is -0.339 e. The van der Waals surface area contributed by atoms with Crippen LogP contribution in [0.2, 0.25) is 0 Å². The lowest BCUT2D eigenvalue weighted by molar-refractivity contribution is 0.117. The molecule has 2 N–H and O–H groups in total. The quantitative estimate of drug-likeness (QED) is 0.823. The smallest absolute Gasteiger partial charge is 0.224 e. The molecule has 1 aliphatic carbocycles. The number of anilines is 1. The van der Waals surface area contributed by atoms with E-state index in [-0.39, 0.29) is 0 Å². The molecule has 8 heteroatoms. The van der Waals surface area contributed by atoms with E-state index in [1.54, 1.807) is 6.92 Å². The second-order valence-corrected chi connectivity index (χ2v) is 6.87. The summed E-state index contributed by atoms with van der Waals surface area (Å²) >= 11 is 0. The highest BCUT2D eigenvalue weighted by molar-refractivity contribution is 5.68. The highest BCUT2D eigenvalue weighted by Gasteiger charge is 2.48. The summed E-state index contributed by atoms with van der Waals surface area (Å²) in [6.07, 6.45) is 6.02. The number of hydrogen-bond donors (Lipinski definition) is 2. The van der Waals surface area contributed by atoms with Gasteiger partial charge in [-0.1, -0.05) is 24.9 Å². The van der Waals surface area contributed by atoms with Gasteiger partial charge in [-0.15, -0.1) is 0 Å². The number of hydrogen-bond acceptors (Lipinski definition) is 7. The van der Waals surface area contributed by atoms with Gasteiger partial charge in [0.05, 0.1) is 13.0 Å². The second-order valence-electron chi connectivity index (χ2n) is 6.87. The second kappa shape index (κ2) is 4.78. The molecule has 5 rings (SSSR count). The van der Waals surface area contributed by atoms with Crippen molar-refractivity contribution in [3.63, 3.8) is 0 Å². The summed E-state index contributed by atoms with van der Waals surface area (Å²) in [5.41, 5.74) is 4.24. The Morgan fingerprint density at radius 2 is 2.26 bits per heavy atom. The summed E-state index contributed by atoms with van der Waals surface area (Å²) < 4.78 is 7.47. The molecule has 0 bridgehead atoms. The SMILES string of the molecule is Cc1nc(-c2ncn3c2N2NCNC2C2C(C)CCCC23)no1. The molecule has 0 radical (unpaired) electrons. The highest BCUT2D eigenvalue weighted by Crippen LogP contribution is 2.48. The Morgan fingerprint density at radius 1 is 1.35 bits per heavy atom. The molecule has 2 aromatic heterocycles. The topological polar surface area (TPSA) is 84.0 Å². The molecule has 2 aromatic rings. The van der Waals surface area contributed by atoms with Crippen molar-refractivity contribution in [3.8, 4) is 11.5 Å². The van der Waals surface area contributed by atoms with Crippen molar-refractivity contribution >= 4 is 5.82 Å². The fraction of sp³-hybridized carbons (Fsp3) is 0.667. The molecule has 0 spiro atoms. The van der Waals surface area contributed by atoms with Crippen molar-refractivity contribution < 1.29 is 4.52 Å². The summed E-state index contributed by atoms with van der Waals surface area (Å²) in [5.74, 6) is 3.45. The van der Waals surface area contributed by atoms with E-state index >= 15 is 0 Å². The van der Waals surface area contributed by atoms with Gasteiger partial charge in [-0.25, -0.2) is 10.4 Å². The molecule has 0 aromatic carbocycles. The van der Waals surface area contributed by atoms with E-state index in [0.717, 1.165) is 18.2 Å². The molecule has 4 atom stereocenters. The monoisotopic (exact) mass is 315 g/mol. The van der Waals surface area contributed by atoms with E-state index in [4.69, 9.17) is 4.52 Å². The van der Waals surface area contributed by atoms with Crippen molar-refractivity contribution in [1.82, 2.24) is 30.4 Å². The predicted octanol–water partition coefficient (Wildman–Crippen LogP) is 1.43. The first kappa shape index (κ1) is 13.5. The van der Waals surface area contributed by atoms with Crippen LogP contribution in [-0.4, -0.2) is 32.5 Å². The highest BCUT2D eigenvalue weighted by atomic mass is 16.5. The molecular weight excluding hydrogens is 294 g/mol. The molecule has 4 heterocycles. The summed E-state index contributed by atoms with van der Waals surface area (Å²) in [7, 11) is 0. The van der Waals surface area contributed by atoms with Crippen LogP contribution in [0.15, 0.2) is 10.9 Å². The first-order valence-electron chi connectivity index (χ1n) is 8.37. The number of aryl methyl sites for hydroxylation is 1. The van der Waals surface area contributed by atoms with Gasteiger partial charge in [0.2, 0.25) is 11.7 Å². The average molecular weight is 315 g/mol. The van der Waals surface area contributed by atoms with Gasteiger partial charge in [0, 0.05) is 18.9 Å². The lowest BCUT2D eigenvalue weighted by atomic mass is 9.74. The van der Waals surface area contributed by atoms with Gasteiger partial charge in [0.25, 0.3) is 0 Å². The molecule has 8 nitrogen and oxygen atoms in total. The van der Waals surface area contributed by atoms with Crippen LogP contribution in [0, 0.1) is 18.8 Å². The number of nitrogens with zero attached hydrogens (tertiary/aromatic N) is 5. The van der Waals surface area contributed by atoms with Crippen molar-refractivity contribution in [3.05, 3.63) is 12.2 Å². The number of nitrogens with one attached hydrogen (secondary N) is 2. The molecular formula is C15H21N7O. The van der Waals surface area contributed by atoms with Gasteiger partial charge < -0.3 is 9.09 Å². The van der Waals surface area contributed by atoms with Crippen LogP contribution in [0.1, 0.15) is 38.1 Å². The molecule has 1 saturated heterocycles. The summed E-state index contributed by atoms with van der Waals surface area (Å²) in [5, 5.41) is 9.89. The number of hydrazine groups is 1. The molecule has 2 aliphatic heterocycles. The Kier molecular flexibility index (Phi) is 2.81. The number of aromatic nitrogens is 4. The zero-order chi connectivity index (χ0) is 15.6. The summed E-state index contributed by atoms with van der Waals surface area (Å²) in [6, 6.07) is 0.483. The Bertz CT molecular complexity index is 738. The molecule has 4 unspecified atom stereocenters. The Hall–Kier alpha value is -1.93. The van der Waals surface area contributed by atoms with Gasteiger partial charge in [0.1, 0.15) is 6.17 Å². The first-order chi connectivity index (χ1) is 11.2. The predicted molar refractivity (Wildman–Crippen MR) is 83.2 cm³/mol. The van der Waals surface area contributed by atoms with Crippen molar-refractivity contribution in [2.24, 2.45) is 11.8 Å². The number of fused-ring (bicyclic) bond motifs is 6. The van der Waals surface area contributed by atoms with Crippen LogP contribution >= 0.6 is 0 Å². The van der Waals surface area contributed by atoms with Crippen molar-refractivity contribution in [2.75, 3.05) is 11.7 Å². The normalized spacial score (nSPS) is 32.5. The molecule has 2 fully saturated rings. The standard InChI is InChI=1S/C15H21N7O/c1-8-4-3-5-10-11(8)14-16-6-18-22(14)15-12(17-7-21(10)15)13-19-9(2)23-20-13/h7-8,10-11,14,16,18H,3-6H2,1-2H3. The third-order valence-electron chi connectivity index (χ3n) is 5.56. The minimum atomic E-state index is 0.297. The Labute approximate surface area is 134 Å². The largest absolute Gasteiger partial charge is 0.339 e. The minimum absolute atomic E-state index is 0.297. The zero-order valence-electron chi connectivity index (χ0n) is 13.4. The first-order valence-corrected chi connectivity index (χ1v) is 8.37. The maximum atomic E-state index is 5.15. The Balaban J connectivity index is 1.67. The van der Waals surface area contributed by atoms with Gasteiger partial charge in [-0.3, -0.25) is 10.3 Å². The molecule has 0 amide bonds. The lowest BCUT2D eigenvalue weighted by Crippen LogP contribution is -2.55. The van der Waals surface area contributed by atoms with Crippen LogP contribution in [-0.2, 0) is 0 Å². The molecule has 3 aliphatic rings. The van der Waals surface area contributed by atoms with Gasteiger partial charge >= 0.3 is 0 Å². The van der Waals surface area contributed by atoms with Crippen LogP contribution in [0.25, 0.3) is 11.5 Å². The maximum Gasteiger partial charge on any atom is 0.224 e. The van der Waals surface area contributed by atoms with E-state index in [1.165, 1.54) is 19.3 Å². The fourth-order valence-corrected chi connectivity index (χ4v) is 4.59. The van der Waals surface area contributed by atoms with Gasteiger partial charge in [-0.05, 0) is 12.3 Å². The van der Waals surface area contributed by atoms with Gasteiger partial charge in [0.15, 0.2) is 11.5 Å². The summed E-state index contributed by atoms with van der Waals surface area (Å²) in [6.45, 7) is 4.95. The average Bonchev–Trinajstić information content (AvgIpc) is 3.24. The van der Waals surface area contributed by atoms with Crippen molar-refractivity contribution in [1.29, 1.82) is 0 Å². The lowest BCUT2D eigenvalue weighted by Gasteiger charge is -2.48. The maximum absolute atomic E-state index is 5.15. The van der Waals surface area contributed by atoms with E-state index in [9.17, 15) is 0 Å². The molecule has 23 heavy (non-hydrogen) atoms. The molecule has 1 saturated carbocycles. The van der Waals surface area contributed by atoms with E-state index in [1.807, 2.05) is 6.33 Å². The number of rotatable bonds is 1. The third-order valence-corrected chi connectivity index (χ3v) is 5.56. The summed E-state index contributed by atoms with van der Waals surface area (Å²) in [4.78, 5) is 8.99. The van der Waals surface area contributed by atoms with E-state index < -0.39 is 0 Å². The van der Waals surface area contributed by atoms with E-state index in [0.29, 0.717) is 35.8 Å². The van der Waals surface area contributed by atoms with Crippen LogP contribution in [0.5, 0.6) is 0 Å². The number of imidazole rings is 1. The fourth-order valence-electron chi connectivity index (χ4n) is 4.59. The van der Waals surface area contributed by atoms with E-state index in [2.05, 4.69) is 42.4 Å². The van der Waals surface area contributed by atoms with Crippen LogP contribution in [0.4, 0.5) is 5.82 Å². The van der Waals surface area contributed by atoms with Gasteiger partial charge in [-0.2, -0.15) is 4.98 Å². The Morgan fingerprint density at radius 3 is 3.09 bits per heavy atom.